The minimum atomic E-state index is -0.862. The molecular formula is C31H33NO2. The zero-order valence-electron chi connectivity index (χ0n) is 20.5. The summed E-state index contributed by atoms with van der Waals surface area (Å²) < 4.78 is 5.86. The van der Waals surface area contributed by atoms with E-state index in [4.69, 9.17) is 9.72 Å². The number of ether oxygens (including phenoxy) is 1. The third-order valence-corrected chi connectivity index (χ3v) is 6.24. The van der Waals surface area contributed by atoms with Gasteiger partial charge in [0.2, 0.25) is 0 Å². The van der Waals surface area contributed by atoms with Crippen LogP contribution in [0.1, 0.15) is 59.9 Å². The fourth-order valence-corrected chi connectivity index (χ4v) is 4.42. The molecule has 0 aliphatic rings. The van der Waals surface area contributed by atoms with Crippen LogP contribution in [0.3, 0.4) is 0 Å². The van der Waals surface area contributed by atoms with Gasteiger partial charge >= 0.3 is 0 Å². The lowest BCUT2D eigenvalue weighted by Gasteiger charge is -2.23. The van der Waals surface area contributed by atoms with Crippen LogP contribution in [0.15, 0.2) is 78.9 Å². The second-order valence-electron chi connectivity index (χ2n) is 9.41. The molecule has 1 aromatic heterocycles. The van der Waals surface area contributed by atoms with Crippen molar-refractivity contribution in [2.45, 2.75) is 45.3 Å². The first kappa shape index (κ1) is 23.9. The van der Waals surface area contributed by atoms with Crippen molar-refractivity contribution in [3.8, 4) is 0 Å². The Labute approximate surface area is 202 Å². The average molecular weight is 452 g/mol. The number of aliphatic hydroxyl groups is 1. The van der Waals surface area contributed by atoms with Gasteiger partial charge in [0.05, 0.1) is 22.9 Å². The molecule has 0 aliphatic heterocycles. The van der Waals surface area contributed by atoms with Gasteiger partial charge in [-0.15, -0.1) is 0 Å². The van der Waals surface area contributed by atoms with E-state index in [0.29, 0.717) is 0 Å². The lowest BCUT2D eigenvalue weighted by atomic mass is 9.90. The molecule has 0 fully saturated rings. The van der Waals surface area contributed by atoms with Crippen LogP contribution >= 0.6 is 0 Å². The van der Waals surface area contributed by atoms with Crippen molar-refractivity contribution in [2.75, 3.05) is 7.11 Å². The van der Waals surface area contributed by atoms with Crippen molar-refractivity contribution in [3.63, 3.8) is 0 Å². The standard InChI is InChI=1S/C31H33NO2/c1-22-12-14-25-15-18-27(32-29(25)20-22)17-13-23-8-7-10-26(21-23)30(34-4)19-16-24-9-5-6-11-28(24)31(2,3)33/h5-15,17-18,20-21,30,33H,16,19H2,1-4H3/b17-13+. The summed E-state index contributed by atoms with van der Waals surface area (Å²) in [6.45, 7) is 5.76. The molecule has 0 aliphatic carbocycles. The third-order valence-electron chi connectivity index (χ3n) is 6.24. The molecule has 4 rings (SSSR count). The lowest BCUT2D eigenvalue weighted by molar-refractivity contribution is 0.0760. The summed E-state index contributed by atoms with van der Waals surface area (Å²) in [7, 11) is 1.76. The monoisotopic (exact) mass is 451 g/mol. The van der Waals surface area contributed by atoms with Gasteiger partial charge in [-0.25, -0.2) is 4.98 Å². The van der Waals surface area contributed by atoms with Crippen LogP contribution < -0.4 is 0 Å². The molecular weight excluding hydrogens is 418 g/mol. The molecule has 1 unspecified atom stereocenters. The van der Waals surface area contributed by atoms with Crippen LogP contribution in [-0.2, 0) is 16.8 Å². The fourth-order valence-electron chi connectivity index (χ4n) is 4.42. The molecule has 0 saturated carbocycles. The normalized spacial score (nSPS) is 13.0. The first-order valence-electron chi connectivity index (χ1n) is 11.8. The number of aromatic nitrogens is 1. The lowest BCUT2D eigenvalue weighted by Crippen LogP contribution is -2.18. The summed E-state index contributed by atoms with van der Waals surface area (Å²) in [4.78, 5) is 4.78. The van der Waals surface area contributed by atoms with Gasteiger partial charge in [0.25, 0.3) is 0 Å². The van der Waals surface area contributed by atoms with Crippen LogP contribution in [-0.4, -0.2) is 17.2 Å². The number of hydrogen-bond donors (Lipinski definition) is 1. The number of methoxy groups -OCH3 is 1. The van der Waals surface area contributed by atoms with Crippen molar-refractivity contribution in [3.05, 3.63) is 112 Å². The molecule has 34 heavy (non-hydrogen) atoms. The number of aryl methyl sites for hydroxylation is 2. The Morgan fingerprint density at radius 1 is 0.941 bits per heavy atom. The van der Waals surface area contributed by atoms with E-state index >= 15 is 0 Å². The van der Waals surface area contributed by atoms with Crippen molar-refractivity contribution < 1.29 is 9.84 Å². The molecule has 1 N–H and O–H groups in total. The van der Waals surface area contributed by atoms with E-state index in [0.717, 1.165) is 51.7 Å². The van der Waals surface area contributed by atoms with Gasteiger partial charge < -0.3 is 9.84 Å². The van der Waals surface area contributed by atoms with E-state index < -0.39 is 5.60 Å². The van der Waals surface area contributed by atoms with Crippen LogP contribution in [0.5, 0.6) is 0 Å². The topological polar surface area (TPSA) is 42.4 Å². The van der Waals surface area contributed by atoms with E-state index in [2.05, 4.69) is 79.7 Å². The molecule has 0 radical (unpaired) electrons. The Kier molecular flexibility index (Phi) is 7.26. The smallest absolute Gasteiger partial charge is 0.0843 e. The Morgan fingerprint density at radius 2 is 1.74 bits per heavy atom. The highest BCUT2D eigenvalue weighted by Gasteiger charge is 2.20. The molecule has 3 nitrogen and oxygen atoms in total. The molecule has 174 valence electrons. The van der Waals surface area contributed by atoms with Crippen LogP contribution in [0, 0.1) is 6.92 Å². The van der Waals surface area contributed by atoms with Crippen molar-refractivity contribution >= 4 is 23.1 Å². The maximum Gasteiger partial charge on any atom is 0.0843 e. The zero-order valence-corrected chi connectivity index (χ0v) is 20.5. The number of rotatable bonds is 8. The largest absolute Gasteiger partial charge is 0.386 e. The Hall–Kier alpha value is -3.27. The van der Waals surface area contributed by atoms with Gasteiger partial charge in [-0.2, -0.15) is 0 Å². The second-order valence-corrected chi connectivity index (χ2v) is 9.41. The number of pyridine rings is 1. The van der Waals surface area contributed by atoms with E-state index in [1.807, 2.05) is 32.0 Å². The number of benzene rings is 3. The minimum absolute atomic E-state index is 0.0232. The van der Waals surface area contributed by atoms with E-state index in [1.54, 1.807) is 7.11 Å². The van der Waals surface area contributed by atoms with E-state index in [-0.39, 0.29) is 6.10 Å². The molecule has 1 heterocycles. The quantitative estimate of drug-likeness (QED) is 0.306. The summed E-state index contributed by atoms with van der Waals surface area (Å²) >= 11 is 0. The van der Waals surface area contributed by atoms with Crippen LogP contribution in [0.4, 0.5) is 0 Å². The van der Waals surface area contributed by atoms with Crippen LogP contribution in [0.25, 0.3) is 23.1 Å². The predicted molar refractivity (Wildman–Crippen MR) is 142 cm³/mol. The summed E-state index contributed by atoms with van der Waals surface area (Å²) in [5, 5.41) is 11.7. The Morgan fingerprint density at radius 3 is 2.53 bits per heavy atom. The molecule has 3 aromatic carbocycles. The maximum absolute atomic E-state index is 10.5. The first-order chi connectivity index (χ1) is 16.3. The first-order valence-corrected chi connectivity index (χ1v) is 11.8. The molecule has 1 atom stereocenters. The van der Waals surface area contributed by atoms with Crippen molar-refractivity contribution in [1.29, 1.82) is 0 Å². The molecule has 0 bridgehead atoms. The molecule has 0 saturated heterocycles. The SMILES string of the molecule is COC(CCc1ccccc1C(C)(C)O)c1cccc(/C=C/c2ccc3ccc(C)cc3n2)c1. The zero-order chi connectivity index (χ0) is 24.1. The number of fused-ring (bicyclic) bond motifs is 1. The van der Waals surface area contributed by atoms with Gasteiger partial charge in [-0.05, 0) is 85.7 Å². The second kappa shape index (κ2) is 10.3. The van der Waals surface area contributed by atoms with Gasteiger partial charge in [-0.1, -0.05) is 66.7 Å². The minimum Gasteiger partial charge on any atom is -0.386 e. The highest BCUT2D eigenvalue weighted by Crippen LogP contribution is 2.28. The van der Waals surface area contributed by atoms with Gasteiger partial charge in [0.15, 0.2) is 0 Å². The molecule has 4 aromatic rings. The number of nitrogens with zero attached hydrogens (tertiary/aromatic N) is 1. The highest BCUT2D eigenvalue weighted by molar-refractivity contribution is 5.81. The van der Waals surface area contributed by atoms with Crippen molar-refractivity contribution in [1.82, 2.24) is 4.98 Å². The molecule has 0 spiro atoms. The summed E-state index contributed by atoms with van der Waals surface area (Å²) in [5.74, 6) is 0. The fraction of sp³-hybridized carbons (Fsp3) is 0.258. The van der Waals surface area contributed by atoms with Gasteiger partial charge in [0.1, 0.15) is 0 Å². The average Bonchev–Trinajstić information content (AvgIpc) is 2.83. The highest BCUT2D eigenvalue weighted by atomic mass is 16.5. The summed E-state index contributed by atoms with van der Waals surface area (Å²) in [6.07, 6.45) is 5.80. The van der Waals surface area contributed by atoms with Gasteiger partial charge in [0, 0.05) is 12.5 Å². The number of hydrogen-bond acceptors (Lipinski definition) is 3. The van der Waals surface area contributed by atoms with Crippen LogP contribution in [0.2, 0.25) is 0 Å². The van der Waals surface area contributed by atoms with Crippen molar-refractivity contribution in [2.24, 2.45) is 0 Å². The van der Waals surface area contributed by atoms with Gasteiger partial charge in [-0.3, -0.25) is 0 Å². The third kappa shape index (κ3) is 5.80. The van der Waals surface area contributed by atoms with E-state index in [1.165, 1.54) is 5.56 Å². The summed E-state index contributed by atoms with van der Waals surface area (Å²) in [5.41, 5.74) is 6.70. The molecule has 0 amide bonds. The predicted octanol–water partition coefficient (Wildman–Crippen LogP) is 7.26. The molecule has 3 heteroatoms. The Bertz CT molecular complexity index is 1300. The van der Waals surface area contributed by atoms with E-state index in [9.17, 15) is 5.11 Å². The summed E-state index contributed by atoms with van der Waals surface area (Å²) in [6, 6.07) is 27.1. The maximum atomic E-state index is 10.5. The Balaban J connectivity index is 1.50.